The number of benzene rings is 1. The van der Waals surface area contributed by atoms with Crippen molar-refractivity contribution in [2.75, 3.05) is 18.1 Å². The van der Waals surface area contributed by atoms with Gasteiger partial charge >= 0.3 is 5.97 Å². The number of aliphatic hydroxyl groups is 1. The Labute approximate surface area is 89.9 Å². The van der Waals surface area contributed by atoms with Crippen molar-refractivity contribution in [2.24, 2.45) is 0 Å². The number of anilines is 1. The number of aliphatic hydroxyl groups excluding tert-OH is 1. The highest BCUT2D eigenvalue weighted by molar-refractivity contribution is 7.99. The maximum absolute atomic E-state index is 13.2. The summed E-state index contributed by atoms with van der Waals surface area (Å²) >= 11 is 1.17. The predicted molar refractivity (Wildman–Crippen MR) is 55.6 cm³/mol. The number of nitrogens with two attached hydrogens (primary N) is 1. The molecule has 0 heterocycles. The lowest BCUT2D eigenvalue weighted by Crippen LogP contribution is -2.03. The first-order valence-corrected chi connectivity index (χ1v) is 5.10. The van der Waals surface area contributed by atoms with Gasteiger partial charge in [0, 0.05) is 16.3 Å². The van der Waals surface area contributed by atoms with Crippen LogP contribution in [-0.4, -0.2) is 28.5 Å². The lowest BCUT2D eigenvalue weighted by atomic mass is 10.2. The molecule has 0 aliphatic carbocycles. The Morgan fingerprint density at radius 1 is 1.53 bits per heavy atom. The van der Waals surface area contributed by atoms with Crippen LogP contribution < -0.4 is 5.73 Å². The third-order valence-electron chi connectivity index (χ3n) is 1.68. The molecule has 0 fully saturated rings. The molecule has 0 saturated heterocycles. The van der Waals surface area contributed by atoms with E-state index in [2.05, 4.69) is 0 Å². The highest BCUT2D eigenvalue weighted by Crippen LogP contribution is 2.27. The Kier molecular flexibility index (Phi) is 3.93. The van der Waals surface area contributed by atoms with Gasteiger partial charge in [-0.2, -0.15) is 0 Å². The van der Waals surface area contributed by atoms with Crippen molar-refractivity contribution in [1.29, 1.82) is 0 Å². The molecule has 0 bridgehead atoms. The molecule has 15 heavy (non-hydrogen) atoms. The summed E-state index contributed by atoms with van der Waals surface area (Å²) in [6, 6.07) is 2.15. The molecule has 1 rings (SSSR count). The normalized spacial score (nSPS) is 10.3. The first kappa shape index (κ1) is 11.8. The Hall–Kier alpha value is -1.27. The summed E-state index contributed by atoms with van der Waals surface area (Å²) in [7, 11) is 0. The van der Waals surface area contributed by atoms with Gasteiger partial charge in [-0.05, 0) is 12.1 Å². The van der Waals surface area contributed by atoms with E-state index in [9.17, 15) is 9.18 Å². The number of hydrogen-bond donors (Lipinski definition) is 3. The van der Waals surface area contributed by atoms with Gasteiger partial charge in [0.1, 0.15) is 5.82 Å². The average Bonchev–Trinajstić information content (AvgIpc) is 2.18. The number of carbonyl (C=O) groups is 1. The van der Waals surface area contributed by atoms with Crippen LogP contribution in [0.1, 0.15) is 10.4 Å². The van der Waals surface area contributed by atoms with Gasteiger partial charge in [0.05, 0.1) is 12.2 Å². The van der Waals surface area contributed by atoms with Crippen molar-refractivity contribution in [3.8, 4) is 0 Å². The molecule has 4 N–H and O–H groups in total. The van der Waals surface area contributed by atoms with E-state index in [0.29, 0.717) is 10.6 Å². The molecule has 0 unspecified atom stereocenters. The molecule has 0 radical (unpaired) electrons. The molecule has 0 aliphatic heterocycles. The van der Waals surface area contributed by atoms with Crippen LogP contribution >= 0.6 is 11.8 Å². The van der Waals surface area contributed by atoms with Crippen LogP contribution in [0.5, 0.6) is 0 Å². The first-order chi connectivity index (χ1) is 7.06. The number of rotatable bonds is 4. The average molecular weight is 231 g/mol. The maximum atomic E-state index is 13.2. The highest BCUT2D eigenvalue weighted by atomic mass is 32.2. The standard InChI is InChI=1S/C9H10FNO3S/c10-6-4-8(15-2-1-12)7(11)3-5(6)9(13)14/h3-4,12H,1-2,11H2,(H,13,14). The van der Waals surface area contributed by atoms with E-state index < -0.39 is 17.3 Å². The van der Waals surface area contributed by atoms with E-state index in [-0.39, 0.29) is 12.3 Å². The zero-order valence-electron chi connectivity index (χ0n) is 7.74. The van der Waals surface area contributed by atoms with E-state index >= 15 is 0 Å². The minimum atomic E-state index is -1.35. The molecule has 0 aliphatic rings. The number of nitrogen functional groups attached to an aromatic ring is 1. The van der Waals surface area contributed by atoms with E-state index in [1.165, 1.54) is 11.8 Å². The zero-order valence-corrected chi connectivity index (χ0v) is 8.55. The van der Waals surface area contributed by atoms with E-state index in [1.54, 1.807) is 0 Å². The molecule has 0 saturated carbocycles. The molecule has 1 aromatic carbocycles. The van der Waals surface area contributed by atoms with Gasteiger partial charge in [0.25, 0.3) is 0 Å². The van der Waals surface area contributed by atoms with Gasteiger partial charge in [-0.3, -0.25) is 0 Å². The molecular weight excluding hydrogens is 221 g/mol. The molecule has 1 aromatic rings. The number of hydrogen-bond acceptors (Lipinski definition) is 4. The van der Waals surface area contributed by atoms with Gasteiger partial charge in [0.15, 0.2) is 0 Å². The van der Waals surface area contributed by atoms with Crippen LogP contribution in [0.3, 0.4) is 0 Å². The van der Waals surface area contributed by atoms with Crippen molar-refractivity contribution in [3.05, 3.63) is 23.5 Å². The van der Waals surface area contributed by atoms with Gasteiger partial charge < -0.3 is 15.9 Å². The van der Waals surface area contributed by atoms with Crippen molar-refractivity contribution in [1.82, 2.24) is 0 Å². The van der Waals surface area contributed by atoms with Crippen LogP contribution in [-0.2, 0) is 0 Å². The summed E-state index contributed by atoms with van der Waals surface area (Å²) in [5, 5.41) is 17.2. The summed E-state index contributed by atoms with van der Waals surface area (Å²) < 4.78 is 13.2. The number of aromatic carboxylic acids is 1. The van der Waals surface area contributed by atoms with Crippen LogP contribution in [0.15, 0.2) is 17.0 Å². The van der Waals surface area contributed by atoms with E-state index in [4.69, 9.17) is 15.9 Å². The van der Waals surface area contributed by atoms with Crippen LogP contribution in [0, 0.1) is 5.82 Å². The zero-order chi connectivity index (χ0) is 11.4. The fourth-order valence-corrected chi connectivity index (χ4v) is 1.74. The molecule has 0 spiro atoms. The number of halogens is 1. The summed E-state index contributed by atoms with van der Waals surface area (Å²) in [5.41, 5.74) is 5.29. The molecule has 0 aromatic heterocycles. The summed E-state index contributed by atoms with van der Waals surface area (Å²) in [6.45, 7) is -0.0492. The lowest BCUT2D eigenvalue weighted by molar-refractivity contribution is 0.0692. The first-order valence-electron chi connectivity index (χ1n) is 4.12. The largest absolute Gasteiger partial charge is 0.478 e. The monoisotopic (exact) mass is 231 g/mol. The third kappa shape index (κ3) is 2.84. The Balaban J connectivity index is 3.02. The fourth-order valence-electron chi connectivity index (χ4n) is 1.02. The Bertz CT molecular complexity index is 384. The van der Waals surface area contributed by atoms with Crippen LogP contribution in [0.25, 0.3) is 0 Å². The molecule has 0 atom stereocenters. The van der Waals surface area contributed by atoms with Crippen molar-refractivity contribution in [2.45, 2.75) is 4.90 Å². The minimum Gasteiger partial charge on any atom is -0.478 e. The number of thioether (sulfide) groups is 1. The highest BCUT2D eigenvalue weighted by Gasteiger charge is 2.13. The van der Waals surface area contributed by atoms with Crippen LogP contribution in [0.4, 0.5) is 10.1 Å². The second kappa shape index (κ2) is 4.99. The number of carboxylic acid groups (broad SMARTS) is 1. The predicted octanol–water partition coefficient (Wildman–Crippen LogP) is 1.19. The summed E-state index contributed by atoms with van der Waals surface area (Å²) in [6.07, 6.45) is 0. The second-order valence-corrected chi connectivity index (χ2v) is 3.88. The lowest BCUT2D eigenvalue weighted by Gasteiger charge is -2.06. The quantitative estimate of drug-likeness (QED) is 0.535. The maximum Gasteiger partial charge on any atom is 0.338 e. The van der Waals surface area contributed by atoms with Gasteiger partial charge in [-0.25, -0.2) is 9.18 Å². The molecule has 6 heteroatoms. The summed E-state index contributed by atoms with van der Waals surface area (Å²) in [4.78, 5) is 11.0. The second-order valence-electron chi connectivity index (χ2n) is 2.75. The summed E-state index contributed by atoms with van der Waals surface area (Å²) in [5.74, 6) is -1.79. The van der Waals surface area contributed by atoms with Gasteiger partial charge in [-0.15, -0.1) is 11.8 Å². The van der Waals surface area contributed by atoms with Crippen LogP contribution in [0.2, 0.25) is 0 Å². The SMILES string of the molecule is Nc1cc(C(=O)O)c(F)cc1SCCO. The van der Waals surface area contributed by atoms with Crippen molar-refractivity contribution >= 4 is 23.4 Å². The van der Waals surface area contributed by atoms with Crippen molar-refractivity contribution in [3.63, 3.8) is 0 Å². The van der Waals surface area contributed by atoms with Gasteiger partial charge in [-0.1, -0.05) is 0 Å². The molecule has 4 nitrogen and oxygen atoms in total. The topological polar surface area (TPSA) is 83.6 Å². The van der Waals surface area contributed by atoms with E-state index in [0.717, 1.165) is 12.1 Å². The fraction of sp³-hybridized carbons (Fsp3) is 0.222. The van der Waals surface area contributed by atoms with Gasteiger partial charge in [0.2, 0.25) is 0 Å². The number of carboxylic acids is 1. The Morgan fingerprint density at radius 2 is 2.20 bits per heavy atom. The van der Waals surface area contributed by atoms with Crippen molar-refractivity contribution < 1.29 is 19.4 Å². The third-order valence-corrected chi connectivity index (χ3v) is 2.73. The molecular formula is C9H10FNO3S. The smallest absolute Gasteiger partial charge is 0.338 e. The molecule has 0 amide bonds. The Morgan fingerprint density at radius 3 is 2.73 bits per heavy atom. The molecule has 82 valence electrons. The minimum absolute atomic E-state index is 0.0492. The van der Waals surface area contributed by atoms with E-state index in [1.807, 2.05) is 0 Å².